The van der Waals surface area contributed by atoms with Gasteiger partial charge in [-0.25, -0.2) is 13.2 Å². The predicted octanol–water partition coefficient (Wildman–Crippen LogP) is 2.58. The van der Waals surface area contributed by atoms with Crippen LogP contribution in [0.15, 0.2) is 47.6 Å². The minimum atomic E-state index is -3.39. The van der Waals surface area contributed by atoms with Crippen molar-refractivity contribution in [1.29, 1.82) is 0 Å². The molecule has 0 amide bonds. The molecule has 3 aromatic rings. The van der Waals surface area contributed by atoms with Gasteiger partial charge < -0.3 is 5.11 Å². The molecule has 0 unspecified atom stereocenters. The SMILES string of the molecule is CS(=O)(=O)Nc1ccc(C(=O)CSc2nnnn2-c2ccc(C(=O)O)c(C3CC3)c2)cc1. The number of sulfonamides is 1. The second-order valence-electron chi connectivity index (χ2n) is 7.39. The van der Waals surface area contributed by atoms with Crippen LogP contribution in [0, 0.1) is 0 Å². The van der Waals surface area contributed by atoms with Crippen LogP contribution < -0.4 is 4.72 Å². The number of hydrogen-bond acceptors (Lipinski definition) is 8. The van der Waals surface area contributed by atoms with Crippen LogP contribution in [0.2, 0.25) is 0 Å². The number of thioether (sulfide) groups is 1. The van der Waals surface area contributed by atoms with Gasteiger partial charge in [-0.1, -0.05) is 11.8 Å². The van der Waals surface area contributed by atoms with Crippen molar-refractivity contribution < 1.29 is 23.1 Å². The van der Waals surface area contributed by atoms with Crippen LogP contribution in [0.3, 0.4) is 0 Å². The number of nitrogens with one attached hydrogen (secondary N) is 1. The Kier molecular flexibility index (Phi) is 5.98. The number of aromatic carboxylic acids is 1. The second kappa shape index (κ2) is 8.71. The molecule has 166 valence electrons. The fraction of sp³-hybridized carbons (Fsp3) is 0.250. The number of benzene rings is 2. The molecule has 1 fully saturated rings. The van der Waals surface area contributed by atoms with Gasteiger partial charge in [0.05, 0.1) is 23.3 Å². The van der Waals surface area contributed by atoms with Crippen LogP contribution in [0.4, 0.5) is 5.69 Å². The van der Waals surface area contributed by atoms with Gasteiger partial charge in [-0.15, -0.1) is 5.10 Å². The van der Waals surface area contributed by atoms with Gasteiger partial charge in [-0.3, -0.25) is 9.52 Å². The maximum atomic E-state index is 12.6. The number of rotatable bonds is 9. The molecule has 0 atom stereocenters. The fourth-order valence-electron chi connectivity index (χ4n) is 3.19. The predicted molar refractivity (Wildman–Crippen MR) is 118 cm³/mol. The molecular weight excluding hydrogens is 454 g/mol. The summed E-state index contributed by atoms with van der Waals surface area (Å²) >= 11 is 1.16. The summed E-state index contributed by atoms with van der Waals surface area (Å²) in [4.78, 5) is 24.1. The van der Waals surface area contributed by atoms with Crippen LogP contribution >= 0.6 is 11.8 Å². The summed E-state index contributed by atoms with van der Waals surface area (Å²) < 4.78 is 26.4. The molecule has 1 heterocycles. The third-order valence-corrected chi connectivity index (χ3v) is 6.34. The van der Waals surface area contributed by atoms with E-state index in [0.29, 0.717) is 22.1 Å². The van der Waals surface area contributed by atoms with Crippen LogP contribution in [0.5, 0.6) is 0 Å². The number of nitrogens with zero attached hydrogens (tertiary/aromatic N) is 4. The van der Waals surface area contributed by atoms with Crippen molar-refractivity contribution in [3.63, 3.8) is 0 Å². The zero-order valence-electron chi connectivity index (χ0n) is 16.9. The highest BCUT2D eigenvalue weighted by molar-refractivity contribution is 7.99. The van der Waals surface area contributed by atoms with E-state index in [1.165, 1.54) is 16.8 Å². The quantitative estimate of drug-likeness (QED) is 0.354. The number of carbonyl (C=O) groups excluding carboxylic acids is 1. The molecule has 32 heavy (non-hydrogen) atoms. The number of aromatic nitrogens is 4. The summed E-state index contributed by atoms with van der Waals surface area (Å²) in [7, 11) is -3.39. The molecule has 1 aliphatic carbocycles. The molecule has 0 spiro atoms. The van der Waals surface area contributed by atoms with E-state index in [2.05, 4.69) is 20.2 Å². The van der Waals surface area contributed by atoms with Gasteiger partial charge in [0.2, 0.25) is 15.2 Å². The highest BCUT2D eigenvalue weighted by atomic mass is 32.2. The minimum Gasteiger partial charge on any atom is -0.478 e. The Balaban J connectivity index is 1.47. The Bertz CT molecular complexity index is 1280. The van der Waals surface area contributed by atoms with E-state index >= 15 is 0 Å². The summed E-state index contributed by atoms with van der Waals surface area (Å²) in [6.45, 7) is 0. The monoisotopic (exact) mass is 473 g/mol. The smallest absolute Gasteiger partial charge is 0.335 e. The zero-order valence-corrected chi connectivity index (χ0v) is 18.6. The lowest BCUT2D eigenvalue weighted by Gasteiger charge is -2.09. The van der Waals surface area contributed by atoms with Crippen molar-refractivity contribution in [1.82, 2.24) is 20.2 Å². The Labute approximate surface area is 188 Å². The third-order valence-electron chi connectivity index (χ3n) is 4.81. The van der Waals surface area contributed by atoms with Gasteiger partial charge in [0, 0.05) is 11.3 Å². The van der Waals surface area contributed by atoms with Gasteiger partial charge in [0.15, 0.2) is 5.78 Å². The molecule has 4 rings (SSSR count). The maximum Gasteiger partial charge on any atom is 0.335 e. The minimum absolute atomic E-state index is 0.0713. The normalized spacial score (nSPS) is 13.7. The number of ketones is 1. The van der Waals surface area contributed by atoms with E-state index in [4.69, 9.17) is 0 Å². The van der Waals surface area contributed by atoms with E-state index in [-0.39, 0.29) is 23.0 Å². The average molecular weight is 474 g/mol. The van der Waals surface area contributed by atoms with Crippen LogP contribution in [-0.4, -0.2) is 57.5 Å². The zero-order chi connectivity index (χ0) is 22.9. The van der Waals surface area contributed by atoms with Gasteiger partial charge in [-0.05, 0) is 77.2 Å². The first-order chi connectivity index (χ1) is 15.2. The summed E-state index contributed by atoms with van der Waals surface area (Å²) in [6.07, 6.45) is 2.96. The van der Waals surface area contributed by atoms with E-state index < -0.39 is 16.0 Å². The summed E-state index contributed by atoms with van der Waals surface area (Å²) in [5.41, 5.74) is 2.48. The first kappa shape index (κ1) is 22.0. The highest BCUT2D eigenvalue weighted by Gasteiger charge is 2.29. The number of carboxylic acid groups (broad SMARTS) is 1. The highest BCUT2D eigenvalue weighted by Crippen LogP contribution is 2.42. The molecule has 2 N–H and O–H groups in total. The van der Waals surface area contributed by atoms with Crippen molar-refractivity contribution in [3.05, 3.63) is 59.2 Å². The average Bonchev–Trinajstić information content (AvgIpc) is 3.48. The van der Waals surface area contributed by atoms with Gasteiger partial charge >= 0.3 is 5.97 Å². The van der Waals surface area contributed by atoms with Gasteiger partial charge in [-0.2, -0.15) is 4.68 Å². The Morgan fingerprint density at radius 2 is 1.91 bits per heavy atom. The van der Waals surface area contributed by atoms with Crippen molar-refractivity contribution in [2.75, 3.05) is 16.7 Å². The Morgan fingerprint density at radius 1 is 1.19 bits per heavy atom. The Hall–Kier alpha value is -3.25. The van der Waals surface area contributed by atoms with Gasteiger partial charge in [0.1, 0.15) is 0 Å². The number of carbonyl (C=O) groups is 2. The summed E-state index contributed by atoms with van der Waals surface area (Å²) in [6, 6.07) is 11.1. The van der Waals surface area contributed by atoms with Crippen molar-refractivity contribution in [2.45, 2.75) is 23.9 Å². The van der Waals surface area contributed by atoms with E-state index in [9.17, 15) is 23.1 Å². The number of hydrogen-bond donors (Lipinski definition) is 2. The lowest BCUT2D eigenvalue weighted by molar-refractivity contribution is 0.0695. The first-order valence-electron chi connectivity index (χ1n) is 9.61. The molecular formula is C20H19N5O5S2. The standard InChI is InChI=1S/C20H19N5O5S2/c1-32(29,30)22-14-6-4-13(5-7-14)18(26)11-31-20-21-23-24-25(20)15-8-9-16(19(27)28)17(10-15)12-2-3-12/h4-10,12,22H,2-3,11H2,1H3,(H,27,28). The maximum absolute atomic E-state index is 12.6. The van der Waals surface area contributed by atoms with Crippen molar-refractivity contribution >= 4 is 39.2 Å². The molecule has 1 aromatic heterocycles. The van der Waals surface area contributed by atoms with Crippen molar-refractivity contribution in [3.8, 4) is 5.69 Å². The number of carboxylic acids is 1. The van der Waals surface area contributed by atoms with Crippen LogP contribution in [0.25, 0.3) is 5.69 Å². The first-order valence-corrected chi connectivity index (χ1v) is 12.5. The summed E-state index contributed by atoms with van der Waals surface area (Å²) in [5, 5.41) is 21.5. The number of Topliss-reactive ketones (excluding diaryl/α,β-unsaturated/α-hetero) is 1. The number of anilines is 1. The molecule has 0 radical (unpaired) electrons. The Morgan fingerprint density at radius 3 is 2.53 bits per heavy atom. The number of tetrazole rings is 1. The van der Waals surface area contributed by atoms with Crippen molar-refractivity contribution in [2.24, 2.45) is 0 Å². The topological polar surface area (TPSA) is 144 Å². The van der Waals surface area contributed by atoms with Crippen LogP contribution in [-0.2, 0) is 10.0 Å². The molecule has 12 heteroatoms. The van der Waals surface area contributed by atoms with E-state index in [1.807, 2.05) is 0 Å². The van der Waals surface area contributed by atoms with E-state index in [1.54, 1.807) is 30.3 Å². The largest absolute Gasteiger partial charge is 0.478 e. The van der Waals surface area contributed by atoms with Gasteiger partial charge in [0.25, 0.3) is 0 Å². The fourth-order valence-corrected chi connectivity index (χ4v) is 4.54. The second-order valence-corrected chi connectivity index (χ2v) is 10.1. The lowest BCUT2D eigenvalue weighted by Crippen LogP contribution is -2.10. The molecule has 1 saturated carbocycles. The molecule has 0 saturated heterocycles. The molecule has 1 aliphatic rings. The third kappa shape index (κ3) is 5.14. The molecule has 0 aliphatic heterocycles. The molecule has 2 aromatic carbocycles. The molecule has 10 nitrogen and oxygen atoms in total. The van der Waals surface area contributed by atoms with Crippen LogP contribution in [0.1, 0.15) is 45.0 Å². The molecule has 0 bridgehead atoms. The van der Waals surface area contributed by atoms with E-state index in [0.717, 1.165) is 36.4 Å². The summed E-state index contributed by atoms with van der Waals surface area (Å²) in [5.74, 6) is -0.833. The lowest BCUT2D eigenvalue weighted by atomic mass is 10.0.